The van der Waals surface area contributed by atoms with Gasteiger partial charge >= 0.3 is 0 Å². The number of nitriles is 1. The number of nitrogens with zero attached hydrogens (tertiary/aromatic N) is 3. The Morgan fingerprint density at radius 1 is 1.26 bits per heavy atom. The zero-order valence-corrected chi connectivity index (χ0v) is 13.6. The number of aromatic nitrogens is 2. The second kappa shape index (κ2) is 6.66. The molecule has 3 rings (SSSR count). The van der Waals surface area contributed by atoms with Gasteiger partial charge in [-0.2, -0.15) is 5.26 Å². The highest BCUT2D eigenvalue weighted by molar-refractivity contribution is 6.11. The lowest BCUT2D eigenvalue weighted by Gasteiger charge is -2.39. The van der Waals surface area contributed by atoms with Gasteiger partial charge in [-0.05, 0) is 31.1 Å². The van der Waals surface area contributed by atoms with Gasteiger partial charge < -0.3 is 4.57 Å². The third kappa shape index (κ3) is 3.08. The van der Waals surface area contributed by atoms with Crippen LogP contribution in [0.3, 0.4) is 0 Å². The smallest absolute Gasteiger partial charge is 0.222 e. The van der Waals surface area contributed by atoms with Gasteiger partial charge in [0.2, 0.25) is 5.78 Å². The summed E-state index contributed by atoms with van der Waals surface area (Å²) in [5.41, 5.74) is 0. The largest absolute Gasteiger partial charge is 0.332 e. The van der Waals surface area contributed by atoms with Gasteiger partial charge in [-0.3, -0.25) is 9.59 Å². The Balaban J connectivity index is 1.72. The number of rotatable bonds is 4. The fraction of sp³-hybridized carbons (Fsp3) is 0.667. The molecule has 0 N–H and O–H groups in total. The summed E-state index contributed by atoms with van der Waals surface area (Å²) in [4.78, 5) is 29.3. The highest BCUT2D eigenvalue weighted by atomic mass is 16.2. The van der Waals surface area contributed by atoms with Crippen LogP contribution in [-0.2, 0) is 11.8 Å². The minimum atomic E-state index is -1.21. The van der Waals surface area contributed by atoms with Gasteiger partial charge in [0.25, 0.3) is 0 Å². The minimum absolute atomic E-state index is 0.136. The molecule has 2 aliphatic carbocycles. The predicted octanol–water partition coefficient (Wildman–Crippen LogP) is 2.92. The summed E-state index contributed by atoms with van der Waals surface area (Å²) in [5, 5.41) is 9.39. The monoisotopic (exact) mass is 313 g/mol. The number of fused-ring (bicyclic) bond motifs is 1. The lowest BCUT2D eigenvalue weighted by molar-refractivity contribution is -0.126. The van der Waals surface area contributed by atoms with Crippen molar-refractivity contribution < 1.29 is 9.59 Å². The Labute approximate surface area is 136 Å². The van der Waals surface area contributed by atoms with Gasteiger partial charge in [0.05, 0.1) is 6.07 Å². The molecule has 5 nitrogen and oxygen atoms in total. The number of hydrogen-bond acceptors (Lipinski definition) is 4. The van der Waals surface area contributed by atoms with E-state index in [2.05, 4.69) is 4.98 Å². The molecular formula is C18H23N3O2. The maximum absolute atomic E-state index is 12.8. The number of carbonyl (C=O) groups is 2. The molecule has 2 saturated carbocycles. The molecule has 0 unspecified atom stereocenters. The molecule has 0 radical (unpaired) electrons. The minimum Gasteiger partial charge on any atom is -0.332 e. The highest BCUT2D eigenvalue weighted by Crippen LogP contribution is 2.43. The fourth-order valence-corrected chi connectivity index (χ4v) is 4.35. The lowest BCUT2D eigenvalue weighted by atomic mass is 9.65. The third-order valence-electron chi connectivity index (χ3n) is 5.66. The van der Waals surface area contributed by atoms with Crippen molar-refractivity contribution in [3.8, 4) is 6.07 Å². The maximum Gasteiger partial charge on any atom is 0.222 e. The van der Waals surface area contributed by atoms with Crippen LogP contribution < -0.4 is 0 Å². The van der Waals surface area contributed by atoms with Gasteiger partial charge in [-0.25, -0.2) is 4.98 Å². The van der Waals surface area contributed by atoms with Gasteiger partial charge in [0.1, 0.15) is 0 Å². The molecule has 0 spiro atoms. The number of Topliss-reactive ketones (excluding diaryl/α,β-unsaturated/α-hetero) is 2. The van der Waals surface area contributed by atoms with E-state index in [9.17, 15) is 14.9 Å². The van der Waals surface area contributed by atoms with Crippen LogP contribution >= 0.6 is 0 Å². The Morgan fingerprint density at radius 2 is 2.00 bits per heavy atom. The van der Waals surface area contributed by atoms with Crippen molar-refractivity contribution in [2.24, 2.45) is 30.7 Å². The number of carbonyl (C=O) groups excluding carboxylic acids is 2. The van der Waals surface area contributed by atoms with Crippen molar-refractivity contribution in [3.63, 3.8) is 0 Å². The van der Waals surface area contributed by atoms with Crippen molar-refractivity contribution in [1.82, 2.24) is 9.55 Å². The van der Waals surface area contributed by atoms with Crippen LogP contribution in [0.4, 0.5) is 0 Å². The Morgan fingerprint density at radius 3 is 2.65 bits per heavy atom. The van der Waals surface area contributed by atoms with Crippen molar-refractivity contribution in [3.05, 3.63) is 18.2 Å². The molecule has 5 heteroatoms. The first kappa shape index (κ1) is 15.9. The highest BCUT2D eigenvalue weighted by Gasteiger charge is 2.40. The van der Waals surface area contributed by atoms with E-state index in [4.69, 9.17) is 0 Å². The second-order valence-electron chi connectivity index (χ2n) is 7.01. The molecule has 0 aromatic carbocycles. The summed E-state index contributed by atoms with van der Waals surface area (Å²) in [6.45, 7) is 0. The molecule has 0 bridgehead atoms. The molecule has 122 valence electrons. The first-order valence-electron chi connectivity index (χ1n) is 8.56. The predicted molar refractivity (Wildman–Crippen MR) is 84.4 cm³/mol. The average Bonchev–Trinajstić information content (AvgIpc) is 3.00. The van der Waals surface area contributed by atoms with Gasteiger partial charge in [0, 0.05) is 25.4 Å². The first-order chi connectivity index (χ1) is 11.1. The molecule has 0 aliphatic heterocycles. The Hall–Kier alpha value is -1.96. The summed E-state index contributed by atoms with van der Waals surface area (Å²) in [6.07, 6.45) is 10.9. The van der Waals surface area contributed by atoms with E-state index in [1.807, 2.05) is 6.07 Å². The van der Waals surface area contributed by atoms with Crippen LogP contribution in [0.15, 0.2) is 12.4 Å². The maximum atomic E-state index is 12.8. The molecule has 23 heavy (non-hydrogen) atoms. The summed E-state index contributed by atoms with van der Waals surface area (Å²) in [6, 6.07) is 1.93. The lowest BCUT2D eigenvalue weighted by Crippen LogP contribution is -2.36. The van der Waals surface area contributed by atoms with Crippen molar-refractivity contribution in [2.75, 3.05) is 0 Å². The molecule has 1 aromatic heterocycles. The van der Waals surface area contributed by atoms with Crippen LogP contribution in [0.25, 0.3) is 0 Å². The molecule has 1 heterocycles. The van der Waals surface area contributed by atoms with Crippen LogP contribution in [0.1, 0.15) is 55.6 Å². The first-order valence-corrected chi connectivity index (χ1v) is 8.56. The summed E-state index contributed by atoms with van der Waals surface area (Å²) in [5.74, 6) is -0.450. The van der Waals surface area contributed by atoms with Crippen molar-refractivity contribution in [2.45, 2.75) is 44.9 Å². The van der Waals surface area contributed by atoms with E-state index in [0.717, 1.165) is 25.2 Å². The van der Waals surface area contributed by atoms with Gasteiger partial charge in [-0.15, -0.1) is 0 Å². The van der Waals surface area contributed by atoms with E-state index < -0.39 is 11.7 Å². The normalized spacial score (nSPS) is 28.4. The number of ketones is 2. The molecule has 0 saturated heterocycles. The zero-order valence-electron chi connectivity index (χ0n) is 13.6. The van der Waals surface area contributed by atoms with Crippen LogP contribution in [-0.4, -0.2) is 21.1 Å². The quantitative estimate of drug-likeness (QED) is 0.632. The SMILES string of the molecule is Cn1ccnc1C(=O)[C@H](C#N)C(=O)[C@@H]1CC[C@H]2CCCC[C@@H]2C1. The number of hydrogen-bond donors (Lipinski definition) is 0. The molecule has 4 atom stereocenters. The molecular weight excluding hydrogens is 290 g/mol. The van der Waals surface area contributed by atoms with Crippen molar-refractivity contribution in [1.29, 1.82) is 5.26 Å². The van der Waals surface area contributed by atoms with Crippen LogP contribution in [0.5, 0.6) is 0 Å². The van der Waals surface area contributed by atoms with Crippen LogP contribution in [0, 0.1) is 35.0 Å². The second-order valence-corrected chi connectivity index (χ2v) is 7.01. The summed E-state index contributed by atoms with van der Waals surface area (Å²) < 4.78 is 1.57. The van der Waals surface area contributed by atoms with Crippen LogP contribution in [0.2, 0.25) is 0 Å². The fourth-order valence-electron chi connectivity index (χ4n) is 4.35. The van der Waals surface area contributed by atoms with Crippen molar-refractivity contribution >= 4 is 11.6 Å². The van der Waals surface area contributed by atoms with E-state index >= 15 is 0 Å². The number of imidazole rings is 1. The topological polar surface area (TPSA) is 75.8 Å². The third-order valence-corrected chi connectivity index (χ3v) is 5.66. The van der Waals surface area contributed by atoms with Gasteiger partial charge in [-0.1, -0.05) is 25.7 Å². The molecule has 1 aromatic rings. The van der Waals surface area contributed by atoms with E-state index in [-0.39, 0.29) is 17.5 Å². The van der Waals surface area contributed by atoms with E-state index in [1.165, 1.54) is 31.9 Å². The molecule has 2 aliphatic rings. The number of aryl methyl sites for hydroxylation is 1. The van der Waals surface area contributed by atoms with E-state index in [1.54, 1.807) is 17.8 Å². The zero-order chi connectivity index (χ0) is 16.4. The summed E-state index contributed by atoms with van der Waals surface area (Å²) in [7, 11) is 1.70. The Bertz CT molecular complexity index is 643. The standard InChI is InChI=1S/C18H23N3O2/c1-21-9-8-20-18(21)17(23)15(11-19)16(22)14-7-6-12-4-2-3-5-13(12)10-14/h8-9,12-15H,2-7,10H2,1H3/t12-,13-,14-,15-/m1/s1. The molecule has 2 fully saturated rings. The van der Waals surface area contributed by atoms with Gasteiger partial charge in [0.15, 0.2) is 17.5 Å². The average molecular weight is 313 g/mol. The molecule has 0 amide bonds. The Kier molecular flexibility index (Phi) is 4.61. The summed E-state index contributed by atoms with van der Waals surface area (Å²) >= 11 is 0. The van der Waals surface area contributed by atoms with E-state index in [0.29, 0.717) is 5.92 Å².